The molecule has 0 saturated carbocycles. The van der Waals surface area contributed by atoms with Crippen LogP contribution in [0, 0.1) is 18.8 Å². The predicted octanol–water partition coefficient (Wildman–Crippen LogP) is 2.80. The zero-order valence-corrected chi connectivity index (χ0v) is 9.33. The van der Waals surface area contributed by atoms with Crippen LogP contribution in [0.15, 0.2) is 24.3 Å². The van der Waals surface area contributed by atoms with Gasteiger partial charge in [0.05, 0.1) is 0 Å². The van der Waals surface area contributed by atoms with Crippen molar-refractivity contribution in [2.75, 3.05) is 6.61 Å². The predicted molar refractivity (Wildman–Crippen MR) is 60.3 cm³/mol. The van der Waals surface area contributed by atoms with Gasteiger partial charge in [-0.3, -0.25) is 0 Å². The summed E-state index contributed by atoms with van der Waals surface area (Å²) in [5.74, 6) is 0.930. The molecule has 0 aliphatic heterocycles. The highest BCUT2D eigenvalue weighted by atomic mass is 16.3. The molecule has 1 N–H and O–H groups in total. The van der Waals surface area contributed by atoms with Crippen LogP contribution in [0.5, 0.6) is 0 Å². The molecule has 14 heavy (non-hydrogen) atoms. The van der Waals surface area contributed by atoms with Crippen LogP contribution < -0.4 is 0 Å². The maximum atomic E-state index is 9.03. The van der Waals surface area contributed by atoms with Crippen molar-refractivity contribution in [2.24, 2.45) is 11.8 Å². The number of hydrogen-bond donors (Lipinski definition) is 1. The Morgan fingerprint density at radius 2 is 1.64 bits per heavy atom. The van der Waals surface area contributed by atoms with Gasteiger partial charge in [0.1, 0.15) is 0 Å². The van der Waals surface area contributed by atoms with Crippen LogP contribution >= 0.6 is 0 Å². The van der Waals surface area contributed by atoms with Crippen molar-refractivity contribution >= 4 is 0 Å². The molecule has 78 valence electrons. The summed E-state index contributed by atoms with van der Waals surface area (Å²) >= 11 is 0. The fraction of sp³-hybridized carbons (Fsp3) is 0.538. The van der Waals surface area contributed by atoms with Crippen LogP contribution in [0.25, 0.3) is 0 Å². The highest BCUT2D eigenvalue weighted by molar-refractivity contribution is 5.21. The topological polar surface area (TPSA) is 20.2 Å². The lowest BCUT2D eigenvalue weighted by atomic mass is 9.90. The van der Waals surface area contributed by atoms with Gasteiger partial charge < -0.3 is 5.11 Å². The van der Waals surface area contributed by atoms with E-state index in [1.54, 1.807) is 0 Å². The van der Waals surface area contributed by atoms with E-state index in [1.807, 2.05) is 0 Å². The normalized spacial score (nSPS) is 15.1. The number of rotatable bonds is 4. The van der Waals surface area contributed by atoms with Gasteiger partial charge in [-0.15, -0.1) is 0 Å². The van der Waals surface area contributed by atoms with Gasteiger partial charge in [-0.05, 0) is 30.7 Å². The molecule has 0 amide bonds. The highest BCUT2D eigenvalue weighted by Gasteiger charge is 2.11. The third-order valence-corrected chi connectivity index (χ3v) is 2.94. The van der Waals surface area contributed by atoms with Gasteiger partial charge in [0.25, 0.3) is 0 Å². The Labute approximate surface area is 86.8 Å². The molecule has 2 unspecified atom stereocenters. The molecule has 0 fully saturated rings. The molecule has 0 aliphatic rings. The van der Waals surface area contributed by atoms with Gasteiger partial charge in [-0.2, -0.15) is 0 Å². The van der Waals surface area contributed by atoms with Gasteiger partial charge >= 0.3 is 0 Å². The van der Waals surface area contributed by atoms with E-state index in [2.05, 4.69) is 45.0 Å². The smallest absolute Gasteiger partial charge is 0.0459 e. The first kappa shape index (κ1) is 11.3. The summed E-state index contributed by atoms with van der Waals surface area (Å²) in [4.78, 5) is 0. The minimum absolute atomic E-state index is 0.285. The molecule has 0 aliphatic carbocycles. The van der Waals surface area contributed by atoms with E-state index in [4.69, 9.17) is 5.11 Å². The van der Waals surface area contributed by atoms with E-state index >= 15 is 0 Å². The number of aliphatic hydroxyl groups excluding tert-OH is 1. The average Bonchev–Trinajstić information content (AvgIpc) is 2.20. The van der Waals surface area contributed by atoms with Crippen molar-refractivity contribution < 1.29 is 5.11 Å². The van der Waals surface area contributed by atoms with Gasteiger partial charge in [0.15, 0.2) is 0 Å². The van der Waals surface area contributed by atoms with Crippen molar-refractivity contribution in [3.05, 3.63) is 35.4 Å². The second kappa shape index (κ2) is 5.16. The summed E-state index contributed by atoms with van der Waals surface area (Å²) < 4.78 is 0. The molecule has 1 rings (SSSR count). The molecule has 0 aromatic heterocycles. The highest BCUT2D eigenvalue weighted by Crippen LogP contribution is 2.16. The monoisotopic (exact) mass is 192 g/mol. The molecule has 1 aromatic carbocycles. The summed E-state index contributed by atoms with van der Waals surface area (Å²) in [6.45, 7) is 6.68. The lowest BCUT2D eigenvalue weighted by Gasteiger charge is -2.17. The Kier molecular flexibility index (Phi) is 4.15. The first-order valence-electron chi connectivity index (χ1n) is 5.30. The molecule has 1 aromatic rings. The lowest BCUT2D eigenvalue weighted by Crippen LogP contribution is -2.14. The van der Waals surface area contributed by atoms with Crippen molar-refractivity contribution in [2.45, 2.75) is 27.2 Å². The van der Waals surface area contributed by atoms with Crippen molar-refractivity contribution in [3.63, 3.8) is 0 Å². The zero-order valence-electron chi connectivity index (χ0n) is 9.33. The third-order valence-electron chi connectivity index (χ3n) is 2.94. The summed E-state index contributed by atoms with van der Waals surface area (Å²) in [5, 5.41) is 9.03. The standard InChI is InChI=1S/C13H20O/c1-10-4-6-13(7-5-10)8-11(2)12(3)9-14/h4-7,11-12,14H,8-9H2,1-3H3. The van der Waals surface area contributed by atoms with E-state index in [-0.39, 0.29) is 6.61 Å². The molecule has 1 nitrogen and oxygen atoms in total. The average molecular weight is 192 g/mol. The zero-order chi connectivity index (χ0) is 10.6. The molecular formula is C13H20O. The van der Waals surface area contributed by atoms with E-state index in [0.29, 0.717) is 11.8 Å². The van der Waals surface area contributed by atoms with Crippen LogP contribution in [-0.2, 0) is 6.42 Å². The van der Waals surface area contributed by atoms with Crippen LogP contribution in [0.2, 0.25) is 0 Å². The van der Waals surface area contributed by atoms with Crippen LogP contribution in [0.1, 0.15) is 25.0 Å². The van der Waals surface area contributed by atoms with Gasteiger partial charge in [-0.1, -0.05) is 43.7 Å². The summed E-state index contributed by atoms with van der Waals surface area (Å²) in [6.07, 6.45) is 1.06. The van der Waals surface area contributed by atoms with Gasteiger partial charge in [0, 0.05) is 6.61 Å². The Balaban J connectivity index is 2.56. The largest absolute Gasteiger partial charge is 0.396 e. The molecule has 1 heteroatoms. The van der Waals surface area contributed by atoms with E-state index < -0.39 is 0 Å². The fourth-order valence-corrected chi connectivity index (χ4v) is 1.48. The van der Waals surface area contributed by atoms with Crippen LogP contribution in [0.4, 0.5) is 0 Å². The minimum atomic E-state index is 0.285. The maximum absolute atomic E-state index is 9.03. The van der Waals surface area contributed by atoms with E-state index in [1.165, 1.54) is 11.1 Å². The van der Waals surface area contributed by atoms with Crippen molar-refractivity contribution in [3.8, 4) is 0 Å². The Hall–Kier alpha value is -0.820. The molecular weight excluding hydrogens is 172 g/mol. The molecule has 0 radical (unpaired) electrons. The van der Waals surface area contributed by atoms with E-state index in [0.717, 1.165) is 6.42 Å². The summed E-state index contributed by atoms with van der Waals surface area (Å²) in [7, 11) is 0. The van der Waals surface area contributed by atoms with Crippen LogP contribution in [0.3, 0.4) is 0 Å². The second-order valence-electron chi connectivity index (χ2n) is 4.33. The maximum Gasteiger partial charge on any atom is 0.0459 e. The number of aliphatic hydroxyl groups is 1. The quantitative estimate of drug-likeness (QED) is 0.777. The van der Waals surface area contributed by atoms with Gasteiger partial charge in [-0.25, -0.2) is 0 Å². The Morgan fingerprint density at radius 1 is 1.07 bits per heavy atom. The molecule has 2 atom stereocenters. The molecule has 0 saturated heterocycles. The summed E-state index contributed by atoms with van der Waals surface area (Å²) in [5.41, 5.74) is 2.67. The Bertz CT molecular complexity index is 263. The number of hydrogen-bond acceptors (Lipinski definition) is 1. The summed E-state index contributed by atoms with van der Waals surface area (Å²) in [6, 6.07) is 8.64. The van der Waals surface area contributed by atoms with Crippen LogP contribution in [-0.4, -0.2) is 11.7 Å². The Morgan fingerprint density at radius 3 is 2.14 bits per heavy atom. The van der Waals surface area contributed by atoms with Crippen molar-refractivity contribution in [1.82, 2.24) is 0 Å². The first-order valence-corrected chi connectivity index (χ1v) is 5.30. The lowest BCUT2D eigenvalue weighted by molar-refractivity contribution is 0.195. The second-order valence-corrected chi connectivity index (χ2v) is 4.33. The third kappa shape index (κ3) is 3.15. The fourth-order valence-electron chi connectivity index (χ4n) is 1.48. The molecule has 0 heterocycles. The first-order chi connectivity index (χ1) is 6.63. The SMILES string of the molecule is Cc1ccc(CC(C)C(C)CO)cc1. The molecule has 0 spiro atoms. The van der Waals surface area contributed by atoms with E-state index in [9.17, 15) is 0 Å². The van der Waals surface area contributed by atoms with Gasteiger partial charge in [0.2, 0.25) is 0 Å². The minimum Gasteiger partial charge on any atom is -0.396 e. The number of aryl methyl sites for hydroxylation is 1. The molecule has 0 bridgehead atoms. The van der Waals surface area contributed by atoms with Crippen molar-refractivity contribution in [1.29, 1.82) is 0 Å². The number of benzene rings is 1.